The third-order valence-corrected chi connectivity index (χ3v) is 5.32. The van der Waals surface area contributed by atoms with Gasteiger partial charge in [-0.15, -0.1) is 0 Å². The van der Waals surface area contributed by atoms with E-state index in [1.54, 1.807) is 24.0 Å². The zero-order chi connectivity index (χ0) is 19.9. The fourth-order valence-corrected chi connectivity index (χ4v) is 3.75. The SMILES string of the molecule is CCOC(=O)N1CCC(NC(=O)CN2CCN(c3ccccc3F)CC2)CC1. The first-order valence-corrected chi connectivity index (χ1v) is 9.99. The van der Waals surface area contributed by atoms with Gasteiger partial charge in [0, 0.05) is 45.3 Å². The number of likely N-dealkylation sites (tertiary alicyclic amines) is 1. The number of nitrogens with one attached hydrogen (secondary N) is 1. The number of carbonyl (C=O) groups is 2. The van der Waals surface area contributed by atoms with E-state index in [4.69, 9.17) is 4.74 Å². The number of nitrogens with zero attached hydrogens (tertiary/aromatic N) is 3. The van der Waals surface area contributed by atoms with Crippen LogP contribution in [-0.4, -0.2) is 80.3 Å². The number of amides is 2. The topological polar surface area (TPSA) is 65.1 Å². The minimum atomic E-state index is -0.278. The van der Waals surface area contributed by atoms with E-state index in [0.717, 1.165) is 25.9 Å². The molecule has 154 valence electrons. The summed E-state index contributed by atoms with van der Waals surface area (Å²) in [6.07, 6.45) is 1.21. The number of anilines is 1. The van der Waals surface area contributed by atoms with E-state index in [2.05, 4.69) is 10.2 Å². The van der Waals surface area contributed by atoms with E-state index < -0.39 is 0 Å². The van der Waals surface area contributed by atoms with Crippen LogP contribution in [0.4, 0.5) is 14.9 Å². The largest absolute Gasteiger partial charge is 0.450 e. The summed E-state index contributed by atoms with van der Waals surface area (Å²) in [6.45, 7) is 6.57. The van der Waals surface area contributed by atoms with Crippen LogP contribution in [0, 0.1) is 5.82 Å². The highest BCUT2D eigenvalue weighted by Gasteiger charge is 2.26. The third-order valence-electron chi connectivity index (χ3n) is 5.32. The van der Waals surface area contributed by atoms with Crippen molar-refractivity contribution < 1.29 is 18.7 Å². The molecule has 2 fully saturated rings. The molecule has 0 unspecified atom stereocenters. The molecule has 0 saturated carbocycles. The van der Waals surface area contributed by atoms with Gasteiger partial charge in [0.15, 0.2) is 0 Å². The summed E-state index contributed by atoms with van der Waals surface area (Å²) in [5.41, 5.74) is 0.625. The van der Waals surface area contributed by atoms with Gasteiger partial charge in [-0.25, -0.2) is 9.18 Å². The van der Waals surface area contributed by atoms with Crippen LogP contribution in [0.25, 0.3) is 0 Å². The van der Waals surface area contributed by atoms with Gasteiger partial charge in [0.1, 0.15) is 5.82 Å². The summed E-state index contributed by atoms with van der Waals surface area (Å²) in [5, 5.41) is 3.08. The van der Waals surface area contributed by atoms with Crippen LogP contribution in [0.1, 0.15) is 19.8 Å². The quantitative estimate of drug-likeness (QED) is 0.826. The summed E-state index contributed by atoms with van der Waals surface area (Å²) < 4.78 is 18.9. The molecule has 8 heteroatoms. The predicted molar refractivity (Wildman–Crippen MR) is 105 cm³/mol. The van der Waals surface area contributed by atoms with Crippen LogP contribution in [0.15, 0.2) is 24.3 Å². The molecule has 0 aromatic heterocycles. The Labute approximate surface area is 165 Å². The summed E-state index contributed by atoms with van der Waals surface area (Å²) in [7, 11) is 0. The van der Waals surface area contributed by atoms with Crippen LogP contribution >= 0.6 is 0 Å². The zero-order valence-corrected chi connectivity index (χ0v) is 16.4. The van der Waals surface area contributed by atoms with Crippen LogP contribution in [0.3, 0.4) is 0 Å². The van der Waals surface area contributed by atoms with E-state index in [0.29, 0.717) is 45.0 Å². The van der Waals surface area contributed by atoms with Crippen molar-refractivity contribution in [3.05, 3.63) is 30.1 Å². The number of ether oxygens (including phenoxy) is 1. The molecule has 2 aliphatic rings. The van der Waals surface area contributed by atoms with Gasteiger partial charge in [-0.2, -0.15) is 0 Å². The molecule has 28 heavy (non-hydrogen) atoms. The van der Waals surface area contributed by atoms with Crippen molar-refractivity contribution in [1.82, 2.24) is 15.1 Å². The third kappa shape index (κ3) is 5.34. The van der Waals surface area contributed by atoms with Crippen molar-refractivity contribution in [3.63, 3.8) is 0 Å². The van der Waals surface area contributed by atoms with Gasteiger partial charge in [-0.1, -0.05) is 12.1 Å². The average molecular weight is 392 g/mol. The maximum Gasteiger partial charge on any atom is 0.409 e. The van der Waals surface area contributed by atoms with E-state index in [1.807, 2.05) is 11.0 Å². The molecule has 2 aliphatic heterocycles. The van der Waals surface area contributed by atoms with Crippen LogP contribution in [-0.2, 0) is 9.53 Å². The Kier molecular flexibility index (Phi) is 7.08. The van der Waals surface area contributed by atoms with Gasteiger partial charge in [-0.05, 0) is 31.9 Å². The molecule has 2 heterocycles. The lowest BCUT2D eigenvalue weighted by atomic mass is 10.1. The minimum absolute atomic E-state index is 0.00827. The Hall–Kier alpha value is -2.35. The van der Waals surface area contributed by atoms with E-state index in [9.17, 15) is 14.0 Å². The maximum atomic E-state index is 13.9. The Balaban J connectivity index is 1.37. The molecular formula is C20H29FN4O3. The van der Waals surface area contributed by atoms with E-state index in [-0.39, 0.29) is 23.9 Å². The van der Waals surface area contributed by atoms with Crippen molar-refractivity contribution in [2.45, 2.75) is 25.8 Å². The Morgan fingerprint density at radius 2 is 1.79 bits per heavy atom. The lowest BCUT2D eigenvalue weighted by Gasteiger charge is -2.36. The molecule has 7 nitrogen and oxygen atoms in total. The van der Waals surface area contributed by atoms with Crippen molar-refractivity contribution in [2.75, 3.05) is 57.3 Å². The Bertz CT molecular complexity index is 671. The first-order chi connectivity index (χ1) is 13.6. The maximum absolute atomic E-state index is 13.9. The minimum Gasteiger partial charge on any atom is -0.450 e. The van der Waals surface area contributed by atoms with Crippen molar-refractivity contribution in [1.29, 1.82) is 0 Å². The highest BCUT2D eigenvalue weighted by Crippen LogP contribution is 2.20. The van der Waals surface area contributed by atoms with E-state index >= 15 is 0 Å². The molecule has 1 N–H and O–H groups in total. The van der Waals surface area contributed by atoms with Crippen LogP contribution in [0.5, 0.6) is 0 Å². The summed E-state index contributed by atoms with van der Waals surface area (Å²) in [5.74, 6) is -0.197. The normalized spacial score (nSPS) is 18.8. The fourth-order valence-electron chi connectivity index (χ4n) is 3.75. The number of benzene rings is 1. The Morgan fingerprint density at radius 1 is 1.11 bits per heavy atom. The fraction of sp³-hybridized carbons (Fsp3) is 0.600. The molecule has 0 bridgehead atoms. The number of hydrogen-bond donors (Lipinski definition) is 1. The average Bonchev–Trinajstić information content (AvgIpc) is 2.70. The number of carbonyl (C=O) groups excluding carboxylic acids is 2. The number of piperazine rings is 1. The molecular weight excluding hydrogens is 363 g/mol. The van der Waals surface area contributed by atoms with Crippen molar-refractivity contribution >= 4 is 17.7 Å². The molecule has 0 atom stereocenters. The second kappa shape index (κ2) is 9.73. The number of piperidine rings is 1. The molecule has 1 aromatic rings. The molecule has 0 aliphatic carbocycles. The van der Waals surface area contributed by atoms with Gasteiger partial charge in [0.2, 0.25) is 5.91 Å². The summed E-state index contributed by atoms with van der Waals surface area (Å²) in [6, 6.07) is 6.89. The highest BCUT2D eigenvalue weighted by atomic mass is 19.1. The van der Waals surface area contributed by atoms with Gasteiger partial charge >= 0.3 is 6.09 Å². The zero-order valence-electron chi connectivity index (χ0n) is 16.4. The lowest BCUT2D eigenvalue weighted by molar-refractivity contribution is -0.123. The molecule has 0 spiro atoms. The van der Waals surface area contributed by atoms with Gasteiger partial charge < -0.3 is 19.9 Å². The van der Waals surface area contributed by atoms with E-state index in [1.165, 1.54) is 6.07 Å². The summed E-state index contributed by atoms with van der Waals surface area (Å²) >= 11 is 0. The highest BCUT2D eigenvalue weighted by molar-refractivity contribution is 5.78. The second-order valence-electron chi connectivity index (χ2n) is 7.24. The molecule has 0 radical (unpaired) electrons. The second-order valence-corrected chi connectivity index (χ2v) is 7.24. The Morgan fingerprint density at radius 3 is 2.43 bits per heavy atom. The first kappa shape index (κ1) is 20.4. The lowest BCUT2D eigenvalue weighted by Crippen LogP contribution is -2.52. The van der Waals surface area contributed by atoms with Crippen molar-refractivity contribution in [3.8, 4) is 0 Å². The smallest absolute Gasteiger partial charge is 0.409 e. The standard InChI is InChI=1S/C20H29FN4O3/c1-2-28-20(27)25-9-7-16(8-10-25)22-19(26)15-23-11-13-24(14-12-23)18-6-4-3-5-17(18)21/h3-6,16H,2,7-15H2,1H3,(H,22,26). The first-order valence-electron chi connectivity index (χ1n) is 9.99. The monoisotopic (exact) mass is 392 g/mol. The molecule has 1 aromatic carbocycles. The van der Waals surface area contributed by atoms with Gasteiger partial charge in [0.25, 0.3) is 0 Å². The predicted octanol–water partition coefficient (Wildman–Crippen LogP) is 1.68. The number of halogens is 1. The number of para-hydroxylation sites is 1. The molecule has 2 saturated heterocycles. The number of hydrogen-bond acceptors (Lipinski definition) is 5. The molecule has 3 rings (SSSR count). The van der Waals surface area contributed by atoms with Gasteiger partial charge in [-0.3, -0.25) is 9.69 Å². The van der Waals surface area contributed by atoms with Crippen LogP contribution < -0.4 is 10.2 Å². The van der Waals surface area contributed by atoms with Crippen LogP contribution in [0.2, 0.25) is 0 Å². The van der Waals surface area contributed by atoms with Crippen molar-refractivity contribution in [2.24, 2.45) is 0 Å². The summed E-state index contributed by atoms with van der Waals surface area (Å²) in [4.78, 5) is 29.9. The van der Waals surface area contributed by atoms with Gasteiger partial charge in [0.05, 0.1) is 18.8 Å². The molecule has 2 amide bonds. The number of rotatable bonds is 5.